The lowest BCUT2D eigenvalue weighted by Gasteiger charge is -2.41. The number of fused-ring (bicyclic) bond motifs is 1. The van der Waals surface area contributed by atoms with Gasteiger partial charge >= 0.3 is 0 Å². The van der Waals surface area contributed by atoms with Crippen molar-refractivity contribution in [2.75, 3.05) is 19.7 Å². The Labute approximate surface area is 222 Å². The Balaban J connectivity index is 1.21. The van der Waals surface area contributed by atoms with Crippen LogP contribution in [0.2, 0.25) is 0 Å². The maximum absolute atomic E-state index is 11.8. The van der Waals surface area contributed by atoms with E-state index in [0.717, 1.165) is 89.9 Å². The highest BCUT2D eigenvalue weighted by Crippen LogP contribution is 2.43. The first-order valence-electron chi connectivity index (χ1n) is 12.9. The van der Waals surface area contributed by atoms with Crippen molar-refractivity contribution in [1.82, 2.24) is 10.2 Å². The number of benzene rings is 2. The van der Waals surface area contributed by atoms with Crippen LogP contribution in [-0.4, -0.2) is 52.5 Å². The zero-order valence-corrected chi connectivity index (χ0v) is 22.7. The molecule has 2 saturated heterocycles. The summed E-state index contributed by atoms with van der Waals surface area (Å²) in [5.41, 5.74) is 4.55. The lowest BCUT2D eigenvalue weighted by molar-refractivity contribution is -0.115. The molecule has 2 aromatic carbocycles. The molecular formula is C29H34N2O5S. The van der Waals surface area contributed by atoms with E-state index in [2.05, 4.69) is 17.1 Å². The predicted molar refractivity (Wildman–Crippen MR) is 145 cm³/mol. The van der Waals surface area contributed by atoms with Crippen molar-refractivity contribution in [2.24, 2.45) is 0 Å². The van der Waals surface area contributed by atoms with Crippen LogP contribution in [0.3, 0.4) is 0 Å². The summed E-state index contributed by atoms with van der Waals surface area (Å²) in [4.78, 5) is 26.0. The molecule has 37 heavy (non-hydrogen) atoms. The summed E-state index contributed by atoms with van der Waals surface area (Å²) < 4.78 is 12.8. The van der Waals surface area contributed by atoms with E-state index in [0.29, 0.717) is 23.3 Å². The number of amides is 2. The number of likely N-dealkylation sites (tertiary alicyclic amines) is 1. The van der Waals surface area contributed by atoms with Crippen LogP contribution in [0, 0.1) is 20.8 Å². The standard InChI is InChI=1S/C29H34N2O5S/c1-17-18(2)26-23(19(3)25(17)32)11-12-29(4,36-26)16-31-13-5-6-21(31)15-35-22-9-7-20(8-10-22)14-24-27(33)30-28(34)37-24/h7-10,14,21,32H,5-6,11-13,15-16H2,1-4H3,(H,30,33,34)/b24-14+/t21-,29?/m0/s1. The number of ether oxygens (including phenoxy) is 2. The van der Waals surface area contributed by atoms with Gasteiger partial charge in [-0.05, 0) is 112 Å². The molecule has 0 aromatic heterocycles. The van der Waals surface area contributed by atoms with Crippen molar-refractivity contribution in [3.63, 3.8) is 0 Å². The molecule has 2 aromatic rings. The van der Waals surface area contributed by atoms with E-state index < -0.39 is 0 Å². The van der Waals surface area contributed by atoms with Crippen molar-refractivity contribution < 1.29 is 24.2 Å². The minimum absolute atomic E-state index is 0.294. The van der Waals surface area contributed by atoms with E-state index in [-0.39, 0.29) is 16.7 Å². The van der Waals surface area contributed by atoms with Crippen LogP contribution < -0.4 is 14.8 Å². The smallest absolute Gasteiger partial charge is 0.290 e. The molecule has 7 nitrogen and oxygen atoms in total. The Hall–Kier alpha value is -2.97. The van der Waals surface area contributed by atoms with Gasteiger partial charge in [-0.1, -0.05) is 12.1 Å². The van der Waals surface area contributed by atoms with E-state index in [1.54, 1.807) is 6.08 Å². The van der Waals surface area contributed by atoms with Crippen LogP contribution in [0.25, 0.3) is 6.08 Å². The molecule has 3 heterocycles. The molecular weight excluding hydrogens is 488 g/mol. The highest BCUT2D eigenvalue weighted by molar-refractivity contribution is 8.18. The summed E-state index contributed by atoms with van der Waals surface area (Å²) in [6.45, 7) is 10.6. The van der Waals surface area contributed by atoms with E-state index in [4.69, 9.17) is 9.47 Å². The molecule has 0 aliphatic carbocycles. The van der Waals surface area contributed by atoms with Gasteiger partial charge < -0.3 is 14.6 Å². The van der Waals surface area contributed by atoms with Crippen LogP contribution in [0.5, 0.6) is 17.2 Å². The number of hydrogen-bond acceptors (Lipinski definition) is 7. The highest BCUT2D eigenvalue weighted by Gasteiger charge is 2.39. The van der Waals surface area contributed by atoms with Gasteiger partial charge in [0, 0.05) is 18.2 Å². The van der Waals surface area contributed by atoms with Crippen molar-refractivity contribution in [1.29, 1.82) is 0 Å². The first-order valence-corrected chi connectivity index (χ1v) is 13.7. The first kappa shape index (κ1) is 25.7. The Morgan fingerprint density at radius 2 is 1.95 bits per heavy atom. The van der Waals surface area contributed by atoms with E-state index in [1.807, 2.05) is 45.0 Å². The van der Waals surface area contributed by atoms with Gasteiger partial charge in [-0.3, -0.25) is 19.8 Å². The molecule has 2 fully saturated rings. The molecule has 196 valence electrons. The summed E-state index contributed by atoms with van der Waals surface area (Å²) in [5, 5.41) is 12.4. The zero-order valence-electron chi connectivity index (χ0n) is 21.8. The zero-order chi connectivity index (χ0) is 26.3. The van der Waals surface area contributed by atoms with E-state index >= 15 is 0 Å². The highest BCUT2D eigenvalue weighted by atomic mass is 32.2. The second-order valence-corrected chi connectivity index (χ2v) is 11.6. The third-order valence-electron chi connectivity index (χ3n) is 7.89. The number of carbonyl (C=O) groups excluding carboxylic acids is 2. The lowest BCUT2D eigenvalue weighted by Crippen LogP contribution is -2.50. The van der Waals surface area contributed by atoms with Gasteiger partial charge in [0.25, 0.3) is 11.1 Å². The van der Waals surface area contributed by atoms with Crippen LogP contribution >= 0.6 is 11.8 Å². The molecule has 0 saturated carbocycles. The minimum atomic E-state index is -0.352. The van der Waals surface area contributed by atoms with Crippen LogP contribution in [-0.2, 0) is 11.2 Å². The number of hydrogen-bond donors (Lipinski definition) is 2. The van der Waals surface area contributed by atoms with Crippen LogP contribution in [0.1, 0.15) is 54.0 Å². The second-order valence-electron chi connectivity index (χ2n) is 10.6. The number of nitrogens with zero attached hydrogens (tertiary/aromatic N) is 1. The number of carbonyl (C=O) groups is 2. The summed E-state index contributed by atoms with van der Waals surface area (Å²) in [7, 11) is 0. The predicted octanol–water partition coefficient (Wildman–Crippen LogP) is 5.27. The van der Waals surface area contributed by atoms with Crippen LogP contribution in [0.4, 0.5) is 4.79 Å². The number of nitrogens with one attached hydrogen (secondary N) is 1. The Morgan fingerprint density at radius 3 is 2.65 bits per heavy atom. The maximum atomic E-state index is 11.8. The summed E-state index contributed by atoms with van der Waals surface area (Å²) in [5.74, 6) is 1.77. The molecule has 0 radical (unpaired) electrons. The van der Waals surface area contributed by atoms with Gasteiger partial charge in [0.05, 0.1) is 4.91 Å². The fourth-order valence-corrected chi connectivity index (χ4v) is 6.24. The Kier molecular flexibility index (Phi) is 6.98. The van der Waals surface area contributed by atoms with Gasteiger partial charge in [-0.25, -0.2) is 0 Å². The number of imide groups is 1. The Morgan fingerprint density at radius 1 is 1.19 bits per heavy atom. The number of aromatic hydroxyl groups is 1. The average Bonchev–Trinajstić information content (AvgIpc) is 3.44. The SMILES string of the molecule is Cc1c(C)c2c(c(C)c1O)CCC(C)(CN1CCC[C@H]1COc1ccc(/C=C3/SC(=O)NC3=O)cc1)O2. The molecule has 2 amide bonds. The molecule has 8 heteroatoms. The molecule has 3 aliphatic heterocycles. The topological polar surface area (TPSA) is 88.1 Å². The summed E-state index contributed by atoms with van der Waals surface area (Å²) in [6.07, 6.45) is 5.74. The number of phenols is 1. The normalized spacial score (nSPS) is 24.8. The van der Waals surface area contributed by atoms with E-state index in [9.17, 15) is 14.7 Å². The average molecular weight is 523 g/mol. The van der Waals surface area contributed by atoms with Crippen molar-refractivity contribution in [3.05, 3.63) is 57.0 Å². The number of rotatable bonds is 6. The first-order chi connectivity index (χ1) is 17.6. The van der Waals surface area contributed by atoms with Crippen LogP contribution in [0.15, 0.2) is 29.2 Å². The third-order valence-corrected chi connectivity index (χ3v) is 8.70. The van der Waals surface area contributed by atoms with Gasteiger partial charge in [-0.15, -0.1) is 0 Å². The third kappa shape index (κ3) is 5.22. The number of thioether (sulfide) groups is 1. The lowest BCUT2D eigenvalue weighted by atomic mass is 9.87. The summed E-state index contributed by atoms with van der Waals surface area (Å²) in [6, 6.07) is 7.90. The quantitative estimate of drug-likeness (QED) is 0.500. The number of phenolic OH excluding ortho intramolecular Hbond substituents is 1. The monoisotopic (exact) mass is 522 g/mol. The van der Waals surface area contributed by atoms with Gasteiger partial charge in [-0.2, -0.15) is 0 Å². The molecule has 0 bridgehead atoms. The maximum Gasteiger partial charge on any atom is 0.290 e. The largest absolute Gasteiger partial charge is 0.507 e. The fraction of sp³-hybridized carbons (Fsp3) is 0.448. The fourth-order valence-electron chi connectivity index (χ4n) is 5.55. The molecule has 1 unspecified atom stereocenters. The van der Waals surface area contributed by atoms with Gasteiger partial charge in [0.1, 0.15) is 29.5 Å². The molecule has 2 atom stereocenters. The minimum Gasteiger partial charge on any atom is -0.507 e. The van der Waals surface area contributed by atoms with Crippen molar-refractivity contribution in [3.8, 4) is 17.2 Å². The van der Waals surface area contributed by atoms with E-state index in [1.165, 1.54) is 0 Å². The van der Waals surface area contributed by atoms with Gasteiger partial charge in [0.2, 0.25) is 0 Å². The second kappa shape index (κ2) is 10.1. The molecule has 2 N–H and O–H groups in total. The summed E-state index contributed by atoms with van der Waals surface area (Å²) >= 11 is 0.916. The molecule has 3 aliphatic rings. The molecule has 5 rings (SSSR count). The van der Waals surface area contributed by atoms with Gasteiger partial charge in [0.15, 0.2) is 0 Å². The molecule has 0 spiro atoms. The Bertz CT molecular complexity index is 1270. The van der Waals surface area contributed by atoms with Crippen molar-refractivity contribution >= 4 is 29.0 Å². The van der Waals surface area contributed by atoms with Crippen molar-refractivity contribution in [2.45, 2.75) is 65.0 Å².